The van der Waals surface area contributed by atoms with E-state index in [9.17, 15) is 4.39 Å². The van der Waals surface area contributed by atoms with Gasteiger partial charge in [-0.15, -0.1) is 0 Å². The summed E-state index contributed by atoms with van der Waals surface area (Å²) in [5.74, 6) is 0.311. The van der Waals surface area contributed by atoms with E-state index in [1.807, 2.05) is 30.3 Å². The third kappa shape index (κ3) is 3.52. The molecular weight excluding hydrogens is 411 g/mol. The van der Waals surface area contributed by atoms with Crippen LogP contribution in [0.25, 0.3) is 10.9 Å². The van der Waals surface area contributed by atoms with Gasteiger partial charge in [-0.2, -0.15) is 0 Å². The summed E-state index contributed by atoms with van der Waals surface area (Å²) in [6, 6.07) is 14.2. The fourth-order valence-corrected chi connectivity index (χ4v) is 2.99. The Morgan fingerprint density at radius 1 is 0.889 bits per heavy atom. The maximum atomic E-state index is 14.1. The van der Waals surface area contributed by atoms with Crippen molar-refractivity contribution in [3.63, 3.8) is 0 Å². The molecule has 0 atom stereocenters. The van der Waals surface area contributed by atoms with Gasteiger partial charge in [0.1, 0.15) is 17.8 Å². The quantitative estimate of drug-likeness (QED) is 0.427. The van der Waals surface area contributed by atoms with Crippen LogP contribution in [-0.4, -0.2) is 15.0 Å². The van der Waals surface area contributed by atoms with Crippen molar-refractivity contribution < 1.29 is 4.39 Å². The summed E-state index contributed by atoms with van der Waals surface area (Å²) in [5, 5.41) is 7.05. The average Bonchev–Trinajstić information content (AvgIpc) is 2.67. The fraction of sp³-hybridized carbons (Fsp3) is 0. The number of hydrogen-bond acceptors (Lipinski definition) is 6. The molecule has 0 unspecified atom stereocenters. The van der Waals surface area contributed by atoms with Gasteiger partial charge in [0.15, 0.2) is 11.6 Å². The minimum absolute atomic E-state index is 0.268. The average molecular weight is 425 g/mol. The number of benzene rings is 2. The van der Waals surface area contributed by atoms with Crippen LogP contribution in [0.1, 0.15) is 0 Å². The predicted molar refractivity (Wildman–Crippen MR) is 109 cm³/mol. The van der Waals surface area contributed by atoms with Crippen LogP contribution in [0.15, 0.2) is 65.5 Å². The lowest BCUT2D eigenvalue weighted by Gasteiger charge is -2.14. The molecule has 0 aliphatic rings. The minimum Gasteiger partial charge on any atom is -0.393 e. The standard InChI is InChI=1S/C19H14BrFN6/c20-11-6-7-16(13(21)9-11)27-19-17(22)18(24-10-25-19)26-15-5-1-4-14-12(15)3-2-8-23-14/h1-10H,22H2,(H2,24,25,26,27). The monoisotopic (exact) mass is 424 g/mol. The number of aromatic nitrogens is 3. The normalized spacial score (nSPS) is 10.7. The van der Waals surface area contributed by atoms with Crippen LogP contribution in [0.3, 0.4) is 0 Å². The van der Waals surface area contributed by atoms with Crippen molar-refractivity contribution >= 4 is 55.5 Å². The van der Waals surface area contributed by atoms with Crippen LogP contribution in [-0.2, 0) is 0 Å². The van der Waals surface area contributed by atoms with E-state index in [2.05, 4.69) is 41.5 Å². The van der Waals surface area contributed by atoms with Gasteiger partial charge >= 0.3 is 0 Å². The van der Waals surface area contributed by atoms with E-state index >= 15 is 0 Å². The molecule has 27 heavy (non-hydrogen) atoms. The molecular formula is C19H14BrFN6. The predicted octanol–water partition coefficient (Wildman–Crippen LogP) is 5.00. The molecule has 0 spiro atoms. The summed E-state index contributed by atoms with van der Waals surface area (Å²) in [7, 11) is 0. The lowest BCUT2D eigenvalue weighted by molar-refractivity contribution is 0.631. The third-order valence-electron chi connectivity index (χ3n) is 3.97. The zero-order valence-corrected chi connectivity index (χ0v) is 15.5. The Morgan fingerprint density at radius 2 is 1.67 bits per heavy atom. The van der Waals surface area contributed by atoms with Crippen molar-refractivity contribution in [2.24, 2.45) is 0 Å². The van der Waals surface area contributed by atoms with Crippen LogP contribution in [0, 0.1) is 5.82 Å². The number of halogens is 2. The second kappa shape index (κ2) is 7.16. The summed E-state index contributed by atoms with van der Waals surface area (Å²) in [6.07, 6.45) is 3.10. The second-order valence-corrected chi connectivity index (χ2v) is 6.65. The molecule has 0 amide bonds. The first kappa shape index (κ1) is 17.2. The lowest BCUT2D eigenvalue weighted by Crippen LogP contribution is -2.06. The molecule has 0 aliphatic carbocycles. The molecule has 0 aliphatic heterocycles. The Morgan fingerprint density at radius 3 is 2.44 bits per heavy atom. The number of nitrogen functional groups attached to an aromatic ring is 1. The number of nitrogens with one attached hydrogen (secondary N) is 2. The van der Waals surface area contributed by atoms with E-state index in [1.165, 1.54) is 12.4 Å². The fourth-order valence-electron chi connectivity index (χ4n) is 2.65. The highest BCUT2D eigenvalue weighted by molar-refractivity contribution is 9.10. The molecule has 0 saturated carbocycles. The number of pyridine rings is 1. The molecule has 0 saturated heterocycles. The largest absolute Gasteiger partial charge is 0.393 e. The summed E-state index contributed by atoms with van der Waals surface area (Å²) in [6.45, 7) is 0. The molecule has 2 aromatic heterocycles. The zero-order chi connectivity index (χ0) is 18.8. The van der Waals surface area contributed by atoms with Crippen LogP contribution in [0.4, 0.5) is 33.1 Å². The van der Waals surface area contributed by atoms with Gasteiger partial charge in [-0.05, 0) is 42.5 Å². The van der Waals surface area contributed by atoms with Crippen LogP contribution >= 0.6 is 15.9 Å². The molecule has 4 N–H and O–H groups in total. The molecule has 134 valence electrons. The minimum atomic E-state index is -0.419. The van der Waals surface area contributed by atoms with E-state index in [0.29, 0.717) is 16.1 Å². The summed E-state index contributed by atoms with van der Waals surface area (Å²) in [5.41, 5.74) is 8.42. The highest BCUT2D eigenvalue weighted by atomic mass is 79.9. The SMILES string of the molecule is Nc1c(Nc2ccc(Br)cc2F)ncnc1Nc1cccc2ncccc12. The molecule has 0 bridgehead atoms. The van der Waals surface area contributed by atoms with Crippen molar-refractivity contribution in [1.82, 2.24) is 15.0 Å². The van der Waals surface area contributed by atoms with E-state index in [4.69, 9.17) is 5.73 Å². The summed E-state index contributed by atoms with van der Waals surface area (Å²) < 4.78 is 14.7. The Kier molecular flexibility index (Phi) is 4.55. The summed E-state index contributed by atoms with van der Waals surface area (Å²) >= 11 is 3.23. The first-order valence-corrected chi connectivity index (χ1v) is 8.84. The topological polar surface area (TPSA) is 88.8 Å². The van der Waals surface area contributed by atoms with Gasteiger partial charge in [0.2, 0.25) is 0 Å². The molecule has 0 fully saturated rings. The number of anilines is 5. The van der Waals surface area contributed by atoms with Gasteiger partial charge in [0, 0.05) is 21.7 Å². The van der Waals surface area contributed by atoms with Gasteiger partial charge in [0.05, 0.1) is 11.2 Å². The Balaban J connectivity index is 1.67. The maximum Gasteiger partial charge on any atom is 0.159 e. The van der Waals surface area contributed by atoms with E-state index in [1.54, 1.807) is 18.3 Å². The van der Waals surface area contributed by atoms with E-state index in [0.717, 1.165) is 16.6 Å². The van der Waals surface area contributed by atoms with Gasteiger partial charge in [0.25, 0.3) is 0 Å². The van der Waals surface area contributed by atoms with Crippen molar-refractivity contribution in [2.45, 2.75) is 0 Å². The molecule has 0 radical (unpaired) electrons. The molecule has 2 aromatic carbocycles. The Labute approximate surface area is 162 Å². The number of nitrogens with zero attached hydrogens (tertiary/aromatic N) is 3. The first-order chi connectivity index (χ1) is 13.1. The number of nitrogens with two attached hydrogens (primary N) is 1. The van der Waals surface area contributed by atoms with E-state index < -0.39 is 5.82 Å². The summed E-state index contributed by atoms with van der Waals surface area (Å²) in [4.78, 5) is 12.7. The third-order valence-corrected chi connectivity index (χ3v) is 4.46. The molecule has 2 heterocycles. The van der Waals surface area contributed by atoms with Gasteiger partial charge < -0.3 is 16.4 Å². The second-order valence-electron chi connectivity index (χ2n) is 5.73. The Bertz CT molecular complexity index is 1130. The highest BCUT2D eigenvalue weighted by Crippen LogP contribution is 2.31. The van der Waals surface area contributed by atoms with Crippen LogP contribution < -0.4 is 16.4 Å². The lowest BCUT2D eigenvalue weighted by atomic mass is 10.2. The van der Waals surface area contributed by atoms with Crippen molar-refractivity contribution in [3.8, 4) is 0 Å². The van der Waals surface area contributed by atoms with Crippen molar-refractivity contribution in [3.05, 3.63) is 71.3 Å². The number of fused-ring (bicyclic) bond motifs is 1. The van der Waals surface area contributed by atoms with Crippen molar-refractivity contribution in [2.75, 3.05) is 16.4 Å². The maximum absolute atomic E-state index is 14.1. The van der Waals surface area contributed by atoms with Crippen LogP contribution in [0.2, 0.25) is 0 Å². The van der Waals surface area contributed by atoms with Gasteiger partial charge in [-0.1, -0.05) is 22.0 Å². The van der Waals surface area contributed by atoms with Crippen LogP contribution in [0.5, 0.6) is 0 Å². The molecule has 8 heteroatoms. The Hall–Kier alpha value is -3.26. The number of hydrogen-bond donors (Lipinski definition) is 3. The van der Waals surface area contributed by atoms with Crippen molar-refractivity contribution in [1.29, 1.82) is 0 Å². The molecule has 4 aromatic rings. The zero-order valence-electron chi connectivity index (χ0n) is 13.9. The highest BCUT2D eigenvalue weighted by Gasteiger charge is 2.12. The first-order valence-electron chi connectivity index (χ1n) is 8.05. The van der Waals surface area contributed by atoms with E-state index in [-0.39, 0.29) is 11.4 Å². The number of rotatable bonds is 4. The smallest absolute Gasteiger partial charge is 0.159 e. The molecule has 4 rings (SSSR count). The van der Waals surface area contributed by atoms with Gasteiger partial charge in [-0.3, -0.25) is 4.98 Å². The van der Waals surface area contributed by atoms with Gasteiger partial charge in [-0.25, -0.2) is 14.4 Å². The molecule has 6 nitrogen and oxygen atoms in total.